The minimum absolute atomic E-state index is 0.00781. The van der Waals surface area contributed by atoms with Crippen molar-refractivity contribution in [1.82, 2.24) is 0 Å². The van der Waals surface area contributed by atoms with Crippen molar-refractivity contribution in [3.63, 3.8) is 0 Å². The number of nitrogens with one attached hydrogen (secondary N) is 2. The Labute approximate surface area is 157 Å². The highest BCUT2D eigenvalue weighted by molar-refractivity contribution is 5.97. The third kappa shape index (κ3) is 5.17. The molecule has 6 heteroatoms. The van der Waals surface area contributed by atoms with E-state index in [1.165, 1.54) is 0 Å². The third-order valence-corrected chi connectivity index (χ3v) is 4.34. The summed E-state index contributed by atoms with van der Waals surface area (Å²) in [6.45, 7) is 3.46. The van der Waals surface area contributed by atoms with E-state index in [2.05, 4.69) is 10.6 Å². The highest BCUT2D eigenvalue weighted by Crippen LogP contribution is 2.30. The Balaban J connectivity index is 1.50. The van der Waals surface area contributed by atoms with Crippen LogP contribution in [-0.2, 0) is 14.3 Å². The Kier molecular flexibility index (Phi) is 5.54. The lowest BCUT2D eigenvalue weighted by Crippen LogP contribution is -2.21. The van der Waals surface area contributed by atoms with Gasteiger partial charge in [-0.3, -0.25) is 9.59 Å². The fraction of sp³-hybridized carbons (Fsp3) is 0.286. The summed E-state index contributed by atoms with van der Waals surface area (Å²) in [5, 5.41) is 5.54. The van der Waals surface area contributed by atoms with Gasteiger partial charge in [-0.05, 0) is 68.1 Å². The van der Waals surface area contributed by atoms with E-state index < -0.39 is 11.9 Å². The van der Waals surface area contributed by atoms with Crippen molar-refractivity contribution in [2.24, 2.45) is 5.92 Å². The fourth-order valence-electron chi connectivity index (χ4n) is 2.55. The van der Waals surface area contributed by atoms with Crippen LogP contribution in [0.3, 0.4) is 0 Å². The van der Waals surface area contributed by atoms with E-state index in [0.717, 1.165) is 24.0 Å². The maximum absolute atomic E-state index is 12.1. The zero-order chi connectivity index (χ0) is 19.4. The van der Waals surface area contributed by atoms with Crippen LogP contribution in [0.2, 0.25) is 0 Å². The lowest BCUT2D eigenvalue weighted by atomic mass is 10.1. The van der Waals surface area contributed by atoms with Gasteiger partial charge in [-0.25, -0.2) is 4.79 Å². The molecule has 6 nitrogen and oxygen atoms in total. The summed E-state index contributed by atoms with van der Waals surface area (Å²) in [7, 11) is 0. The Morgan fingerprint density at radius 2 is 1.70 bits per heavy atom. The highest BCUT2D eigenvalue weighted by atomic mass is 16.5. The Morgan fingerprint density at radius 1 is 1.00 bits per heavy atom. The summed E-state index contributed by atoms with van der Waals surface area (Å²) < 4.78 is 5.06. The second-order valence-electron chi connectivity index (χ2n) is 6.78. The first-order valence-corrected chi connectivity index (χ1v) is 8.87. The summed E-state index contributed by atoms with van der Waals surface area (Å²) in [4.78, 5) is 35.8. The zero-order valence-electron chi connectivity index (χ0n) is 15.4. The van der Waals surface area contributed by atoms with E-state index in [1.807, 2.05) is 32.0 Å². The molecule has 0 saturated heterocycles. The highest BCUT2D eigenvalue weighted by Gasteiger charge is 2.29. The molecule has 140 valence electrons. The molecule has 0 atom stereocenters. The Bertz CT molecular complexity index is 870. The second-order valence-corrected chi connectivity index (χ2v) is 6.78. The molecule has 0 unspecified atom stereocenters. The van der Waals surface area contributed by atoms with Gasteiger partial charge in [0.15, 0.2) is 6.61 Å². The van der Waals surface area contributed by atoms with Crippen molar-refractivity contribution >= 4 is 29.2 Å². The van der Waals surface area contributed by atoms with Crippen LogP contribution < -0.4 is 10.6 Å². The minimum atomic E-state index is -0.591. The molecule has 27 heavy (non-hydrogen) atoms. The van der Waals surface area contributed by atoms with Crippen molar-refractivity contribution in [3.8, 4) is 0 Å². The van der Waals surface area contributed by atoms with Crippen molar-refractivity contribution < 1.29 is 19.1 Å². The molecule has 2 N–H and O–H groups in total. The van der Waals surface area contributed by atoms with Gasteiger partial charge >= 0.3 is 5.97 Å². The molecule has 0 bridgehead atoms. The van der Waals surface area contributed by atoms with Gasteiger partial charge in [0, 0.05) is 17.3 Å². The predicted molar refractivity (Wildman–Crippen MR) is 103 cm³/mol. The number of carbonyl (C=O) groups is 3. The van der Waals surface area contributed by atoms with E-state index in [1.54, 1.807) is 24.3 Å². The molecule has 0 radical (unpaired) electrons. The summed E-state index contributed by atoms with van der Waals surface area (Å²) in [6.07, 6.45) is 1.86. The topological polar surface area (TPSA) is 84.5 Å². The number of benzene rings is 2. The second kappa shape index (κ2) is 8.03. The Hall–Kier alpha value is -3.15. The molecule has 2 aromatic rings. The van der Waals surface area contributed by atoms with Gasteiger partial charge in [-0.15, -0.1) is 0 Å². The first kappa shape index (κ1) is 18.6. The van der Waals surface area contributed by atoms with Gasteiger partial charge in [0.25, 0.3) is 5.91 Å². The quantitative estimate of drug-likeness (QED) is 0.767. The molecule has 2 amide bonds. The van der Waals surface area contributed by atoms with Crippen LogP contribution in [0.1, 0.15) is 34.3 Å². The largest absolute Gasteiger partial charge is 0.452 e. The number of esters is 1. The molecule has 1 fully saturated rings. The molecule has 3 rings (SSSR count). The molecular formula is C21H22N2O4. The van der Waals surface area contributed by atoms with E-state index in [9.17, 15) is 14.4 Å². The molecule has 0 heterocycles. The monoisotopic (exact) mass is 366 g/mol. The average molecular weight is 366 g/mol. The maximum atomic E-state index is 12.1. The molecule has 0 aliphatic heterocycles. The number of ether oxygens (including phenoxy) is 1. The van der Waals surface area contributed by atoms with Crippen molar-refractivity contribution in [3.05, 3.63) is 59.2 Å². The van der Waals surface area contributed by atoms with Gasteiger partial charge in [-0.1, -0.05) is 12.1 Å². The van der Waals surface area contributed by atoms with Gasteiger partial charge in [-0.2, -0.15) is 0 Å². The van der Waals surface area contributed by atoms with Gasteiger partial charge in [0.2, 0.25) is 5.91 Å². The van der Waals surface area contributed by atoms with Gasteiger partial charge in [0.1, 0.15) is 0 Å². The van der Waals surface area contributed by atoms with Crippen LogP contribution in [0.5, 0.6) is 0 Å². The zero-order valence-corrected chi connectivity index (χ0v) is 15.4. The van der Waals surface area contributed by atoms with Gasteiger partial charge in [0.05, 0.1) is 5.56 Å². The third-order valence-electron chi connectivity index (χ3n) is 4.34. The summed E-state index contributed by atoms with van der Waals surface area (Å²) in [5.74, 6) is -0.866. The number of hydrogen-bond acceptors (Lipinski definition) is 4. The summed E-state index contributed by atoms with van der Waals surface area (Å²) in [5.41, 5.74) is 3.62. The predicted octanol–water partition coefficient (Wildman–Crippen LogP) is 3.45. The minimum Gasteiger partial charge on any atom is -0.452 e. The van der Waals surface area contributed by atoms with Crippen LogP contribution in [0.25, 0.3) is 0 Å². The van der Waals surface area contributed by atoms with Crippen molar-refractivity contribution in [1.29, 1.82) is 0 Å². The lowest BCUT2D eigenvalue weighted by Gasteiger charge is -2.10. The SMILES string of the molecule is Cc1ccc(C)c(NC(=O)COC(=O)c2ccc(NC(=O)C3CC3)cc2)c1. The molecule has 1 saturated carbocycles. The van der Waals surface area contributed by atoms with Gasteiger partial charge < -0.3 is 15.4 Å². The first-order valence-electron chi connectivity index (χ1n) is 8.87. The van der Waals surface area contributed by atoms with Crippen molar-refractivity contribution in [2.75, 3.05) is 17.2 Å². The molecule has 0 aromatic heterocycles. The molecule has 2 aromatic carbocycles. The van der Waals surface area contributed by atoms with Crippen LogP contribution >= 0.6 is 0 Å². The van der Waals surface area contributed by atoms with Crippen LogP contribution in [-0.4, -0.2) is 24.4 Å². The average Bonchev–Trinajstić information content (AvgIpc) is 3.48. The summed E-state index contributed by atoms with van der Waals surface area (Å²) >= 11 is 0. The smallest absolute Gasteiger partial charge is 0.338 e. The van der Waals surface area contributed by atoms with Crippen LogP contribution in [0.4, 0.5) is 11.4 Å². The normalized spacial score (nSPS) is 13.0. The first-order chi connectivity index (χ1) is 12.9. The molecular weight excluding hydrogens is 344 g/mol. The fourth-order valence-corrected chi connectivity index (χ4v) is 2.55. The Morgan fingerprint density at radius 3 is 2.37 bits per heavy atom. The number of hydrogen-bond donors (Lipinski definition) is 2. The molecule has 1 aliphatic rings. The van der Waals surface area contributed by atoms with E-state index in [0.29, 0.717) is 16.9 Å². The van der Waals surface area contributed by atoms with Crippen LogP contribution in [0.15, 0.2) is 42.5 Å². The lowest BCUT2D eigenvalue weighted by molar-refractivity contribution is -0.119. The van der Waals surface area contributed by atoms with E-state index in [-0.39, 0.29) is 18.4 Å². The number of amides is 2. The number of carbonyl (C=O) groups excluding carboxylic acids is 3. The standard InChI is InChI=1S/C21H22N2O4/c1-13-3-4-14(2)18(11-13)23-19(24)12-27-21(26)16-7-9-17(10-8-16)22-20(25)15-5-6-15/h3-4,7-11,15H,5-6,12H2,1-2H3,(H,22,25)(H,23,24). The molecule has 0 spiro atoms. The van der Waals surface area contributed by atoms with E-state index >= 15 is 0 Å². The number of anilines is 2. The van der Waals surface area contributed by atoms with Crippen molar-refractivity contribution in [2.45, 2.75) is 26.7 Å². The summed E-state index contributed by atoms with van der Waals surface area (Å²) in [6, 6.07) is 12.2. The van der Waals surface area contributed by atoms with E-state index in [4.69, 9.17) is 4.74 Å². The van der Waals surface area contributed by atoms with Crippen LogP contribution in [0, 0.1) is 19.8 Å². The molecule has 1 aliphatic carbocycles. The number of rotatable bonds is 6. The maximum Gasteiger partial charge on any atom is 0.338 e. The number of aryl methyl sites for hydroxylation is 2.